The van der Waals surface area contributed by atoms with Crippen molar-refractivity contribution in [3.05, 3.63) is 59.7 Å². The normalized spacial score (nSPS) is 19.0. The lowest BCUT2D eigenvalue weighted by Gasteiger charge is -2.40. The molecule has 2 aliphatic heterocycles. The van der Waals surface area contributed by atoms with Gasteiger partial charge in [0.1, 0.15) is 0 Å². The number of carbonyl (C=O) groups is 1. The molecule has 4 rings (SSSR count). The van der Waals surface area contributed by atoms with Crippen LogP contribution in [0.4, 0.5) is 16.2 Å². The van der Waals surface area contributed by atoms with Crippen molar-refractivity contribution >= 4 is 17.4 Å². The second-order valence-electron chi connectivity index (χ2n) is 6.73. The molecule has 2 aromatic carbocycles. The van der Waals surface area contributed by atoms with Crippen LogP contribution in [-0.2, 0) is 6.54 Å². The average molecular weight is 321 g/mol. The Morgan fingerprint density at radius 2 is 1.88 bits per heavy atom. The Bertz CT molecular complexity index is 741. The van der Waals surface area contributed by atoms with Gasteiger partial charge in [0.15, 0.2) is 0 Å². The van der Waals surface area contributed by atoms with Crippen molar-refractivity contribution in [3.8, 4) is 0 Å². The number of hydrogen-bond donors (Lipinski definition) is 1. The molecular weight excluding hydrogens is 298 g/mol. The highest BCUT2D eigenvalue weighted by molar-refractivity contribution is 5.97. The van der Waals surface area contributed by atoms with Gasteiger partial charge < -0.3 is 10.2 Å². The van der Waals surface area contributed by atoms with Crippen molar-refractivity contribution in [2.75, 3.05) is 22.9 Å². The first kappa shape index (κ1) is 15.1. The Balaban J connectivity index is 1.51. The SMILES string of the molecule is Cc1ccc(CNC(=O)N2C[C@H]3CCCN3c3ccccc32)cc1. The summed E-state index contributed by atoms with van der Waals surface area (Å²) < 4.78 is 0. The van der Waals surface area contributed by atoms with Gasteiger partial charge in [0.05, 0.1) is 11.4 Å². The number of nitrogens with one attached hydrogen (secondary N) is 1. The molecule has 1 atom stereocenters. The zero-order valence-electron chi connectivity index (χ0n) is 14.0. The summed E-state index contributed by atoms with van der Waals surface area (Å²) in [5.74, 6) is 0. The van der Waals surface area contributed by atoms with Crippen LogP contribution < -0.4 is 15.1 Å². The number of hydrogen-bond acceptors (Lipinski definition) is 2. The van der Waals surface area contributed by atoms with Gasteiger partial charge in [-0.15, -0.1) is 0 Å². The van der Waals surface area contributed by atoms with Gasteiger partial charge in [-0.25, -0.2) is 4.79 Å². The molecule has 124 valence electrons. The van der Waals surface area contributed by atoms with Crippen molar-refractivity contribution in [1.82, 2.24) is 5.32 Å². The van der Waals surface area contributed by atoms with Crippen molar-refractivity contribution in [2.45, 2.75) is 32.4 Å². The van der Waals surface area contributed by atoms with Gasteiger partial charge in [-0.05, 0) is 37.5 Å². The van der Waals surface area contributed by atoms with E-state index in [2.05, 4.69) is 59.6 Å². The largest absolute Gasteiger partial charge is 0.365 e. The lowest BCUT2D eigenvalue weighted by molar-refractivity contribution is 0.245. The molecule has 2 amide bonds. The van der Waals surface area contributed by atoms with Gasteiger partial charge in [-0.2, -0.15) is 0 Å². The lowest BCUT2D eigenvalue weighted by atomic mass is 10.1. The van der Waals surface area contributed by atoms with Crippen molar-refractivity contribution in [1.29, 1.82) is 0 Å². The molecule has 2 heterocycles. The quantitative estimate of drug-likeness (QED) is 0.915. The Kier molecular flexibility index (Phi) is 3.89. The van der Waals surface area contributed by atoms with Crippen LogP contribution in [0.3, 0.4) is 0 Å². The van der Waals surface area contributed by atoms with Gasteiger partial charge in [-0.1, -0.05) is 42.0 Å². The van der Waals surface area contributed by atoms with Gasteiger partial charge in [0.2, 0.25) is 0 Å². The Morgan fingerprint density at radius 3 is 2.67 bits per heavy atom. The van der Waals surface area contributed by atoms with Gasteiger partial charge in [-0.3, -0.25) is 4.90 Å². The van der Waals surface area contributed by atoms with E-state index in [0.717, 1.165) is 30.8 Å². The van der Waals surface area contributed by atoms with Gasteiger partial charge in [0.25, 0.3) is 0 Å². The van der Waals surface area contributed by atoms with Gasteiger partial charge >= 0.3 is 6.03 Å². The number of benzene rings is 2. The molecule has 1 saturated heterocycles. The van der Waals surface area contributed by atoms with E-state index in [1.54, 1.807) is 0 Å². The highest BCUT2D eigenvalue weighted by atomic mass is 16.2. The maximum Gasteiger partial charge on any atom is 0.322 e. The van der Waals surface area contributed by atoms with Crippen LogP contribution in [0, 0.1) is 6.92 Å². The Hall–Kier alpha value is -2.49. The summed E-state index contributed by atoms with van der Waals surface area (Å²) in [5, 5.41) is 3.08. The van der Waals surface area contributed by atoms with Gasteiger partial charge in [0, 0.05) is 25.7 Å². The molecule has 0 saturated carbocycles. The fourth-order valence-electron chi connectivity index (χ4n) is 3.76. The van der Waals surface area contributed by atoms with E-state index in [0.29, 0.717) is 12.6 Å². The summed E-state index contributed by atoms with van der Waals surface area (Å²) in [4.78, 5) is 17.2. The van der Waals surface area contributed by atoms with Crippen LogP contribution in [-0.4, -0.2) is 25.2 Å². The first-order valence-corrected chi connectivity index (χ1v) is 8.69. The number of carbonyl (C=O) groups excluding carboxylic acids is 1. The summed E-state index contributed by atoms with van der Waals surface area (Å²) in [5.41, 5.74) is 4.58. The molecule has 0 aromatic heterocycles. The number of urea groups is 1. The molecule has 0 aliphatic carbocycles. The maximum absolute atomic E-state index is 12.8. The molecule has 2 aliphatic rings. The second-order valence-corrected chi connectivity index (χ2v) is 6.73. The average Bonchev–Trinajstić information content (AvgIpc) is 3.09. The van der Waals surface area contributed by atoms with E-state index in [-0.39, 0.29) is 6.03 Å². The van der Waals surface area contributed by atoms with E-state index >= 15 is 0 Å². The third-order valence-corrected chi connectivity index (χ3v) is 5.06. The number of para-hydroxylation sites is 2. The van der Waals surface area contributed by atoms with Crippen molar-refractivity contribution in [2.24, 2.45) is 0 Å². The third-order valence-electron chi connectivity index (χ3n) is 5.06. The molecule has 1 N–H and O–H groups in total. The van der Waals surface area contributed by atoms with E-state index in [9.17, 15) is 4.79 Å². The zero-order chi connectivity index (χ0) is 16.5. The minimum atomic E-state index is -0.00502. The van der Waals surface area contributed by atoms with E-state index in [1.807, 2.05) is 11.0 Å². The predicted octanol–water partition coefficient (Wildman–Crippen LogP) is 3.69. The third kappa shape index (κ3) is 2.73. The van der Waals surface area contributed by atoms with Crippen molar-refractivity contribution in [3.63, 3.8) is 0 Å². The number of rotatable bonds is 2. The van der Waals surface area contributed by atoms with Crippen LogP contribution in [0.2, 0.25) is 0 Å². The highest BCUT2D eigenvalue weighted by Gasteiger charge is 2.35. The predicted molar refractivity (Wildman–Crippen MR) is 97.6 cm³/mol. The Morgan fingerprint density at radius 1 is 1.12 bits per heavy atom. The standard InChI is InChI=1S/C20H23N3O/c1-15-8-10-16(11-9-15)13-21-20(24)23-14-17-5-4-12-22(17)18-6-2-3-7-19(18)23/h2-3,6-11,17H,4-5,12-14H2,1H3,(H,21,24)/t17-/m1/s1. The zero-order valence-corrected chi connectivity index (χ0v) is 14.0. The number of aryl methyl sites for hydroxylation is 1. The lowest BCUT2D eigenvalue weighted by Crippen LogP contribution is -2.51. The van der Waals surface area contributed by atoms with Crippen LogP contribution in [0.15, 0.2) is 48.5 Å². The summed E-state index contributed by atoms with van der Waals surface area (Å²) in [6, 6.07) is 17.0. The summed E-state index contributed by atoms with van der Waals surface area (Å²) in [6.07, 6.45) is 2.37. The molecular formula is C20H23N3O. The van der Waals surface area contributed by atoms with E-state index in [4.69, 9.17) is 0 Å². The molecule has 4 nitrogen and oxygen atoms in total. The summed E-state index contributed by atoms with van der Waals surface area (Å²) >= 11 is 0. The highest BCUT2D eigenvalue weighted by Crippen LogP contribution is 2.39. The van der Waals surface area contributed by atoms with Crippen LogP contribution in [0.25, 0.3) is 0 Å². The van der Waals surface area contributed by atoms with Crippen LogP contribution >= 0.6 is 0 Å². The first-order valence-electron chi connectivity index (χ1n) is 8.69. The van der Waals surface area contributed by atoms with E-state index in [1.165, 1.54) is 17.7 Å². The van der Waals surface area contributed by atoms with E-state index < -0.39 is 0 Å². The molecule has 0 spiro atoms. The van der Waals surface area contributed by atoms with Crippen molar-refractivity contribution < 1.29 is 4.79 Å². The summed E-state index contributed by atoms with van der Waals surface area (Å²) in [7, 11) is 0. The minimum absolute atomic E-state index is 0.00502. The number of fused-ring (bicyclic) bond motifs is 3. The second kappa shape index (κ2) is 6.19. The first-order chi connectivity index (χ1) is 11.7. The maximum atomic E-state index is 12.8. The molecule has 0 bridgehead atoms. The molecule has 1 fully saturated rings. The molecule has 0 unspecified atom stereocenters. The molecule has 4 heteroatoms. The molecule has 0 radical (unpaired) electrons. The van der Waals surface area contributed by atoms with Crippen LogP contribution in [0.1, 0.15) is 24.0 Å². The minimum Gasteiger partial charge on any atom is -0.365 e. The topological polar surface area (TPSA) is 35.6 Å². The number of amides is 2. The fraction of sp³-hybridized carbons (Fsp3) is 0.350. The summed E-state index contributed by atoms with van der Waals surface area (Å²) in [6.45, 7) is 4.50. The number of nitrogens with zero attached hydrogens (tertiary/aromatic N) is 2. The molecule has 24 heavy (non-hydrogen) atoms. The smallest absolute Gasteiger partial charge is 0.322 e. The van der Waals surface area contributed by atoms with Crippen LogP contribution in [0.5, 0.6) is 0 Å². The Labute approximate surface area is 143 Å². The number of anilines is 2. The fourth-order valence-corrected chi connectivity index (χ4v) is 3.76. The monoisotopic (exact) mass is 321 g/mol. The molecule has 2 aromatic rings.